The van der Waals surface area contributed by atoms with Crippen LogP contribution < -0.4 is 5.32 Å². The summed E-state index contributed by atoms with van der Waals surface area (Å²) in [6, 6.07) is 3.78. The van der Waals surface area contributed by atoms with E-state index in [2.05, 4.69) is 15.2 Å². The fourth-order valence-corrected chi connectivity index (χ4v) is 1.65. The summed E-state index contributed by atoms with van der Waals surface area (Å²) in [5, 5.41) is 3.33. The molecule has 0 radical (unpaired) electrons. The Labute approximate surface area is 90.0 Å². The molecule has 4 heteroatoms. The van der Waals surface area contributed by atoms with Gasteiger partial charge in [-0.2, -0.15) is 0 Å². The third-order valence-electron chi connectivity index (χ3n) is 2.52. The number of hydrogen-bond acceptors (Lipinski definition) is 4. The third-order valence-corrected chi connectivity index (χ3v) is 2.52. The fraction of sp³-hybridized carbons (Fsp3) is 0.545. The van der Waals surface area contributed by atoms with Crippen LogP contribution in [0.25, 0.3) is 0 Å². The molecule has 82 valence electrons. The van der Waals surface area contributed by atoms with Gasteiger partial charge in [0.15, 0.2) is 0 Å². The molecule has 0 aromatic carbocycles. The van der Waals surface area contributed by atoms with Gasteiger partial charge in [0.2, 0.25) is 0 Å². The molecular weight excluding hydrogens is 190 g/mol. The molecule has 0 amide bonds. The maximum Gasteiger partial charge on any atom is 0.144 e. The molecule has 4 nitrogen and oxygen atoms in total. The number of aliphatic imine (C=N–C) groups is 1. The van der Waals surface area contributed by atoms with Gasteiger partial charge in [-0.05, 0) is 12.1 Å². The van der Waals surface area contributed by atoms with Crippen molar-refractivity contribution in [1.29, 1.82) is 0 Å². The predicted octanol–water partition coefficient (Wildman–Crippen LogP) is 0.604. The molecular formula is C11H17N3O. The van der Waals surface area contributed by atoms with E-state index in [4.69, 9.17) is 4.42 Å². The van der Waals surface area contributed by atoms with E-state index >= 15 is 0 Å². The van der Waals surface area contributed by atoms with E-state index < -0.39 is 0 Å². The molecule has 0 saturated carbocycles. The highest BCUT2D eigenvalue weighted by molar-refractivity contribution is 5.75. The first kappa shape index (κ1) is 10.4. The van der Waals surface area contributed by atoms with Crippen molar-refractivity contribution in [2.24, 2.45) is 4.99 Å². The number of furan rings is 1. The normalized spacial score (nSPS) is 18.7. The molecule has 0 spiro atoms. The van der Waals surface area contributed by atoms with E-state index in [-0.39, 0.29) is 0 Å². The minimum absolute atomic E-state index is 0.829. The summed E-state index contributed by atoms with van der Waals surface area (Å²) in [4.78, 5) is 6.75. The standard InChI is InChI=1S/C11H17N3O/c1-2-11(15-9-1)10-13-5-8-14-6-3-12-4-7-14/h1-2,9-10,12H,3-8H2. The minimum atomic E-state index is 0.829. The lowest BCUT2D eigenvalue weighted by molar-refractivity contribution is 0.248. The van der Waals surface area contributed by atoms with Crippen LogP contribution in [-0.2, 0) is 0 Å². The Hall–Kier alpha value is -1.13. The van der Waals surface area contributed by atoms with Gasteiger partial charge in [0.05, 0.1) is 19.0 Å². The van der Waals surface area contributed by atoms with Crippen molar-refractivity contribution in [1.82, 2.24) is 10.2 Å². The van der Waals surface area contributed by atoms with Crippen LogP contribution in [0.3, 0.4) is 0 Å². The quantitative estimate of drug-likeness (QED) is 0.735. The number of nitrogens with one attached hydrogen (secondary N) is 1. The molecule has 1 aliphatic rings. The molecule has 1 aliphatic heterocycles. The van der Waals surface area contributed by atoms with Crippen molar-refractivity contribution >= 4 is 6.21 Å². The topological polar surface area (TPSA) is 40.8 Å². The molecule has 1 fully saturated rings. The van der Waals surface area contributed by atoms with Crippen LogP contribution in [-0.4, -0.2) is 50.4 Å². The molecule has 0 unspecified atom stereocenters. The van der Waals surface area contributed by atoms with Gasteiger partial charge in [0.1, 0.15) is 5.76 Å². The molecule has 1 aromatic rings. The van der Waals surface area contributed by atoms with Gasteiger partial charge >= 0.3 is 0 Å². The number of piperazine rings is 1. The molecule has 0 atom stereocenters. The lowest BCUT2D eigenvalue weighted by atomic mass is 10.3. The van der Waals surface area contributed by atoms with Crippen molar-refractivity contribution in [3.05, 3.63) is 24.2 Å². The lowest BCUT2D eigenvalue weighted by Crippen LogP contribution is -2.44. The zero-order valence-electron chi connectivity index (χ0n) is 8.85. The van der Waals surface area contributed by atoms with E-state index in [9.17, 15) is 0 Å². The molecule has 1 aromatic heterocycles. The maximum atomic E-state index is 5.15. The summed E-state index contributed by atoms with van der Waals surface area (Å²) in [5.41, 5.74) is 0. The van der Waals surface area contributed by atoms with Gasteiger partial charge < -0.3 is 9.73 Å². The number of nitrogens with zero attached hydrogens (tertiary/aromatic N) is 2. The van der Waals surface area contributed by atoms with Crippen molar-refractivity contribution in [2.75, 3.05) is 39.3 Å². The highest BCUT2D eigenvalue weighted by Gasteiger charge is 2.07. The molecule has 1 N–H and O–H groups in total. The Morgan fingerprint density at radius 2 is 2.33 bits per heavy atom. The molecule has 0 aliphatic carbocycles. The third kappa shape index (κ3) is 3.49. The molecule has 2 rings (SSSR count). The molecule has 0 bridgehead atoms. The van der Waals surface area contributed by atoms with Crippen LogP contribution in [0.5, 0.6) is 0 Å². The molecule has 1 saturated heterocycles. The van der Waals surface area contributed by atoms with Crippen molar-refractivity contribution in [2.45, 2.75) is 0 Å². The lowest BCUT2D eigenvalue weighted by Gasteiger charge is -2.26. The van der Waals surface area contributed by atoms with Crippen LogP contribution in [0.4, 0.5) is 0 Å². The fourth-order valence-electron chi connectivity index (χ4n) is 1.65. The van der Waals surface area contributed by atoms with Crippen LogP contribution in [0.2, 0.25) is 0 Å². The largest absolute Gasteiger partial charge is 0.463 e. The summed E-state index contributed by atoms with van der Waals surface area (Å²) in [5.74, 6) is 0.829. The Morgan fingerprint density at radius 1 is 1.47 bits per heavy atom. The van der Waals surface area contributed by atoms with E-state index in [1.54, 1.807) is 12.5 Å². The van der Waals surface area contributed by atoms with Gasteiger partial charge in [-0.15, -0.1) is 0 Å². The summed E-state index contributed by atoms with van der Waals surface area (Å²) in [6.45, 7) is 6.36. The SMILES string of the molecule is C(=NCCN1CCNCC1)c1ccco1. The first-order valence-electron chi connectivity index (χ1n) is 5.41. The maximum absolute atomic E-state index is 5.15. The van der Waals surface area contributed by atoms with Crippen molar-refractivity contribution in [3.8, 4) is 0 Å². The van der Waals surface area contributed by atoms with Crippen LogP contribution in [0.1, 0.15) is 5.76 Å². The van der Waals surface area contributed by atoms with Gasteiger partial charge in [-0.1, -0.05) is 0 Å². The molecule has 2 heterocycles. The second-order valence-corrected chi connectivity index (χ2v) is 3.64. The first-order valence-corrected chi connectivity index (χ1v) is 5.41. The average molecular weight is 207 g/mol. The summed E-state index contributed by atoms with van der Waals surface area (Å²) < 4.78 is 5.15. The van der Waals surface area contributed by atoms with Gasteiger partial charge in [0.25, 0.3) is 0 Å². The van der Waals surface area contributed by atoms with E-state index in [1.807, 2.05) is 12.1 Å². The van der Waals surface area contributed by atoms with Gasteiger partial charge in [0, 0.05) is 32.7 Å². The molecule has 15 heavy (non-hydrogen) atoms. The van der Waals surface area contributed by atoms with E-state index in [1.165, 1.54) is 0 Å². The smallest absolute Gasteiger partial charge is 0.144 e. The van der Waals surface area contributed by atoms with Crippen LogP contribution >= 0.6 is 0 Å². The van der Waals surface area contributed by atoms with E-state index in [0.717, 1.165) is 45.0 Å². The Bertz CT molecular complexity index is 289. The first-order chi connectivity index (χ1) is 7.45. The van der Waals surface area contributed by atoms with Gasteiger partial charge in [-0.25, -0.2) is 0 Å². The number of rotatable bonds is 4. The van der Waals surface area contributed by atoms with Crippen LogP contribution in [0, 0.1) is 0 Å². The predicted molar refractivity (Wildman–Crippen MR) is 60.5 cm³/mol. The summed E-state index contributed by atoms with van der Waals surface area (Å²) >= 11 is 0. The zero-order valence-corrected chi connectivity index (χ0v) is 8.85. The highest BCUT2D eigenvalue weighted by Crippen LogP contribution is 1.96. The van der Waals surface area contributed by atoms with Crippen LogP contribution in [0.15, 0.2) is 27.8 Å². The highest BCUT2D eigenvalue weighted by atomic mass is 16.3. The zero-order chi connectivity index (χ0) is 10.3. The van der Waals surface area contributed by atoms with Crippen molar-refractivity contribution < 1.29 is 4.42 Å². The Morgan fingerprint density at radius 3 is 3.07 bits per heavy atom. The second kappa shape index (κ2) is 5.68. The Balaban J connectivity index is 1.65. The van der Waals surface area contributed by atoms with Gasteiger partial charge in [-0.3, -0.25) is 9.89 Å². The second-order valence-electron chi connectivity index (χ2n) is 3.64. The summed E-state index contributed by atoms with van der Waals surface area (Å²) in [7, 11) is 0. The summed E-state index contributed by atoms with van der Waals surface area (Å²) in [6.07, 6.45) is 3.46. The van der Waals surface area contributed by atoms with Crippen molar-refractivity contribution in [3.63, 3.8) is 0 Å². The Kier molecular flexibility index (Phi) is 3.93. The minimum Gasteiger partial charge on any atom is -0.463 e. The average Bonchev–Trinajstić information content (AvgIpc) is 2.79. The van der Waals surface area contributed by atoms with E-state index in [0.29, 0.717) is 0 Å². The monoisotopic (exact) mass is 207 g/mol. The number of hydrogen-bond donors (Lipinski definition) is 1.